The van der Waals surface area contributed by atoms with Gasteiger partial charge in [0.15, 0.2) is 0 Å². The molecule has 27 heavy (non-hydrogen) atoms. The van der Waals surface area contributed by atoms with Gasteiger partial charge in [-0.15, -0.1) is 12.4 Å². The third kappa shape index (κ3) is 4.38. The first-order valence-electron chi connectivity index (χ1n) is 9.40. The number of hydrogen-bond acceptors (Lipinski definition) is 4. The second kappa shape index (κ2) is 8.93. The minimum atomic E-state index is -0.553. The van der Waals surface area contributed by atoms with E-state index in [4.69, 9.17) is 10.5 Å². The first-order valence-corrected chi connectivity index (χ1v) is 9.40. The number of hydrogen-bond donors (Lipinski definition) is 2. The maximum absolute atomic E-state index is 13.1. The third-order valence-electron chi connectivity index (χ3n) is 5.79. The molecule has 4 atom stereocenters. The molecule has 3 N–H and O–H groups in total. The summed E-state index contributed by atoms with van der Waals surface area (Å²) in [6.45, 7) is 5.37. The van der Waals surface area contributed by atoms with E-state index in [9.17, 15) is 9.59 Å². The van der Waals surface area contributed by atoms with Gasteiger partial charge in [0, 0.05) is 19.1 Å². The number of carbonyl (C=O) groups is 2. The molecule has 3 rings (SSSR count). The van der Waals surface area contributed by atoms with Gasteiger partial charge in [-0.25, -0.2) is 0 Å². The van der Waals surface area contributed by atoms with Gasteiger partial charge >= 0.3 is 0 Å². The van der Waals surface area contributed by atoms with Crippen LogP contribution in [0.4, 0.5) is 0 Å². The molecule has 1 heterocycles. The van der Waals surface area contributed by atoms with Gasteiger partial charge in [-0.1, -0.05) is 26.0 Å². The van der Waals surface area contributed by atoms with E-state index >= 15 is 0 Å². The fourth-order valence-electron chi connectivity index (χ4n) is 4.25. The molecule has 1 aromatic rings. The molecule has 1 aliphatic carbocycles. The van der Waals surface area contributed by atoms with Crippen molar-refractivity contribution in [1.82, 2.24) is 10.2 Å². The Morgan fingerprint density at radius 1 is 1.22 bits per heavy atom. The Kier molecular flexibility index (Phi) is 7.12. The molecule has 0 bridgehead atoms. The fraction of sp³-hybridized carbons (Fsp3) is 0.600. The number of para-hydroxylation sites is 1. The van der Waals surface area contributed by atoms with Crippen molar-refractivity contribution in [3.63, 3.8) is 0 Å². The Hall–Kier alpha value is -1.79. The number of carbonyl (C=O) groups excluding carboxylic acids is 2. The highest BCUT2D eigenvalue weighted by Gasteiger charge is 2.44. The summed E-state index contributed by atoms with van der Waals surface area (Å²) in [4.78, 5) is 27.7. The Bertz CT molecular complexity index is 682. The number of nitrogens with two attached hydrogens (primary N) is 1. The van der Waals surface area contributed by atoms with Crippen LogP contribution in [-0.4, -0.2) is 49.0 Å². The highest BCUT2D eigenvalue weighted by molar-refractivity contribution is 5.99. The van der Waals surface area contributed by atoms with E-state index in [2.05, 4.69) is 5.32 Å². The lowest BCUT2D eigenvalue weighted by Crippen LogP contribution is -2.51. The van der Waals surface area contributed by atoms with Gasteiger partial charge in [0.25, 0.3) is 5.91 Å². The zero-order chi connectivity index (χ0) is 18.8. The molecule has 2 fully saturated rings. The van der Waals surface area contributed by atoms with E-state index in [1.165, 1.54) is 7.11 Å². The summed E-state index contributed by atoms with van der Waals surface area (Å²) in [6, 6.07) is 6.68. The summed E-state index contributed by atoms with van der Waals surface area (Å²) < 4.78 is 5.26. The molecule has 1 aromatic carbocycles. The van der Waals surface area contributed by atoms with E-state index in [-0.39, 0.29) is 36.2 Å². The summed E-state index contributed by atoms with van der Waals surface area (Å²) in [5, 5.41) is 2.92. The SMILES string of the molecule is COc1ccccc1C(=O)NC(C(=O)N1CC2CCC(N)C2C1)C(C)C.Cl. The second-order valence-electron chi connectivity index (χ2n) is 7.80. The lowest BCUT2D eigenvalue weighted by Gasteiger charge is -2.28. The normalized spacial score (nSPS) is 24.9. The maximum atomic E-state index is 13.1. The maximum Gasteiger partial charge on any atom is 0.255 e. The molecule has 1 saturated carbocycles. The van der Waals surface area contributed by atoms with Crippen LogP contribution in [0.25, 0.3) is 0 Å². The van der Waals surface area contributed by atoms with Crippen LogP contribution in [0.15, 0.2) is 24.3 Å². The summed E-state index contributed by atoms with van der Waals surface area (Å²) >= 11 is 0. The minimum absolute atomic E-state index is 0. The van der Waals surface area contributed by atoms with Crippen molar-refractivity contribution in [3.05, 3.63) is 29.8 Å². The Labute approximate surface area is 167 Å². The number of nitrogens with one attached hydrogen (secondary N) is 1. The Morgan fingerprint density at radius 2 is 1.93 bits per heavy atom. The number of methoxy groups -OCH3 is 1. The predicted molar refractivity (Wildman–Crippen MR) is 107 cm³/mol. The molecule has 7 heteroatoms. The molecule has 6 nitrogen and oxygen atoms in total. The van der Waals surface area contributed by atoms with Gasteiger partial charge < -0.3 is 20.7 Å². The van der Waals surface area contributed by atoms with Crippen LogP contribution >= 0.6 is 12.4 Å². The molecule has 4 unspecified atom stereocenters. The molecule has 2 amide bonds. The number of rotatable bonds is 5. The van der Waals surface area contributed by atoms with Crippen LogP contribution in [-0.2, 0) is 4.79 Å². The molecule has 0 spiro atoms. The lowest BCUT2D eigenvalue weighted by atomic mass is 9.98. The number of likely N-dealkylation sites (tertiary alicyclic amines) is 1. The number of amides is 2. The van der Waals surface area contributed by atoms with Crippen molar-refractivity contribution in [1.29, 1.82) is 0 Å². The molecule has 150 valence electrons. The number of ether oxygens (including phenoxy) is 1. The number of halogens is 1. The van der Waals surface area contributed by atoms with Crippen LogP contribution < -0.4 is 15.8 Å². The number of nitrogens with zero attached hydrogens (tertiary/aromatic N) is 1. The second-order valence-corrected chi connectivity index (χ2v) is 7.80. The van der Waals surface area contributed by atoms with Crippen molar-refractivity contribution >= 4 is 24.2 Å². The van der Waals surface area contributed by atoms with Crippen molar-refractivity contribution in [2.24, 2.45) is 23.5 Å². The van der Waals surface area contributed by atoms with Gasteiger partial charge in [-0.3, -0.25) is 9.59 Å². The molecular formula is C20H30ClN3O3. The standard InChI is InChI=1S/C20H29N3O3.ClH/c1-12(2)18(22-19(24)14-6-4-5-7-17(14)26-3)20(25)23-10-13-8-9-16(21)15(13)11-23;/h4-7,12-13,15-16,18H,8-11,21H2,1-3H3,(H,22,24);1H. The van der Waals surface area contributed by atoms with Crippen LogP contribution in [0.5, 0.6) is 5.75 Å². The van der Waals surface area contributed by atoms with Gasteiger partial charge in [-0.2, -0.15) is 0 Å². The Balaban J connectivity index is 0.00000261. The number of benzene rings is 1. The molecule has 0 aromatic heterocycles. The largest absolute Gasteiger partial charge is 0.496 e. The van der Waals surface area contributed by atoms with Gasteiger partial charge in [0.05, 0.1) is 12.7 Å². The molecule has 1 aliphatic heterocycles. The topological polar surface area (TPSA) is 84.7 Å². The van der Waals surface area contributed by atoms with Crippen LogP contribution in [0.1, 0.15) is 37.0 Å². The summed E-state index contributed by atoms with van der Waals surface area (Å²) in [6.07, 6.45) is 2.14. The van der Waals surface area contributed by atoms with Gasteiger partial charge in [0.2, 0.25) is 5.91 Å². The van der Waals surface area contributed by atoms with Crippen molar-refractivity contribution < 1.29 is 14.3 Å². The Morgan fingerprint density at radius 3 is 2.56 bits per heavy atom. The third-order valence-corrected chi connectivity index (χ3v) is 5.79. The van der Waals surface area contributed by atoms with Gasteiger partial charge in [0.1, 0.15) is 11.8 Å². The fourth-order valence-corrected chi connectivity index (χ4v) is 4.25. The van der Waals surface area contributed by atoms with E-state index in [1.54, 1.807) is 18.2 Å². The summed E-state index contributed by atoms with van der Waals surface area (Å²) in [5.41, 5.74) is 6.62. The minimum Gasteiger partial charge on any atom is -0.496 e. The monoisotopic (exact) mass is 395 g/mol. The lowest BCUT2D eigenvalue weighted by molar-refractivity contribution is -0.133. The van der Waals surface area contributed by atoms with E-state index in [1.807, 2.05) is 24.8 Å². The van der Waals surface area contributed by atoms with Crippen LogP contribution in [0, 0.1) is 17.8 Å². The average Bonchev–Trinajstić information content (AvgIpc) is 3.21. The molecular weight excluding hydrogens is 366 g/mol. The zero-order valence-corrected chi connectivity index (χ0v) is 17.0. The number of fused-ring (bicyclic) bond motifs is 1. The van der Waals surface area contributed by atoms with Gasteiger partial charge in [-0.05, 0) is 42.7 Å². The highest BCUT2D eigenvalue weighted by Crippen LogP contribution is 2.37. The quantitative estimate of drug-likeness (QED) is 0.799. The first-order chi connectivity index (χ1) is 12.4. The van der Waals surface area contributed by atoms with E-state index in [0.29, 0.717) is 29.7 Å². The van der Waals surface area contributed by atoms with Crippen molar-refractivity contribution in [2.75, 3.05) is 20.2 Å². The highest BCUT2D eigenvalue weighted by atomic mass is 35.5. The predicted octanol–water partition coefficient (Wildman–Crippen LogP) is 2.07. The van der Waals surface area contributed by atoms with Crippen molar-refractivity contribution in [2.45, 2.75) is 38.8 Å². The molecule has 0 radical (unpaired) electrons. The summed E-state index contributed by atoms with van der Waals surface area (Å²) in [5.74, 6) is 1.11. The molecule has 2 aliphatic rings. The van der Waals surface area contributed by atoms with Crippen LogP contribution in [0.3, 0.4) is 0 Å². The molecule has 1 saturated heterocycles. The first kappa shape index (κ1) is 21.5. The van der Waals surface area contributed by atoms with E-state index in [0.717, 1.165) is 19.4 Å². The van der Waals surface area contributed by atoms with Crippen molar-refractivity contribution in [3.8, 4) is 5.75 Å². The van der Waals surface area contributed by atoms with E-state index < -0.39 is 6.04 Å². The zero-order valence-electron chi connectivity index (χ0n) is 16.2. The summed E-state index contributed by atoms with van der Waals surface area (Å²) in [7, 11) is 1.53. The average molecular weight is 396 g/mol. The van der Waals surface area contributed by atoms with Crippen LogP contribution in [0.2, 0.25) is 0 Å². The smallest absolute Gasteiger partial charge is 0.255 e.